The zero-order valence-electron chi connectivity index (χ0n) is 16.0. The number of nitrogens with one attached hydrogen (secondary N) is 1. The number of piperazine rings is 1. The molecule has 4 bridgehead atoms. The highest BCUT2D eigenvalue weighted by Crippen LogP contribution is 2.60. The third-order valence-corrected chi connectivity index (χ3v) is 7.55. The van der Waals surface area contributed by atoms with Crippen molar-refractivity contribution in [3.05, 3.63) is 30.1 Å². The lowest BCUT2D eigenvalue weighted by atomic mass is 9.49. The Morgan fingerprint density at radius 1 is 1.00 bits per heavy atom. The minimum atomic E-state index is -0.152. The summed E-state index contributed by atoms with van der Waals surface area (Å²) < 4.78 is 14.0. The maximum atomic E-state index is 14.0. The van der Waals surface area contributed by atoms with E-state index in [2.05, 4.69) is 15.1 Å². The van der Waals surface area contributed by atoms with Gasteiger partial charge in [0.15, 0.2) is 0 Å². The molecule has 0 aromatic heterocycles. The summed E-state index contributed by atoms with van der Waals surface area (Å²) >= 11 is 0. The van der Waals surface area contributed by atoms with Crippen molar-refractivity contribution >= 4 is 11.6 Å². The SMILES string of the molecule is O=C(NCN1CCN(c2ccccc2F)CC1)C12CC3CC(CC(C3)C1)C2. The van der Waals surface area contributed by atoms with E-state index >= 15 is 0 Å². The van der Waals surface area contributed by atoms with Crippen molar-refractivity contribution in [1.29, 1.82) is 0 Å². The van der Waals surface area contributed by atoms with E-state index < -0.39 is 0 Å². The molecule has 0 unspecified atom stereocenters. The number of hydrogen-bond donors (Lipinski definition) is 1. The number of nitrogens with zero attached hydrogens (tertiary/aromatic N) is 2. The number of hydrogen-bond acceptors (Lipinski definition) is 3. The summed E-state index contributed by atoms with van der Waals surface area (Å²) in [6.07, 6.45) is 7.45. The first-order chi connectivity index (χ1) is 13.1. The Morgan fingerprint density at radius 2 is 1.59 bits per heavy atom. The Bertz CT molecular complexity index is 678. The second-order valence-corrected chi connectivity index (χ2v) is 9.42. The van der Waals surface area contributed by atoms with Crippen LogP contribution in [0.25, 0.3) is 0 Å². The van der Waals surface area contributed by atoms with Gasteiger partial charge in [0.2, 0.25) is 5.91 Å². The van der Waals surface area contributed by atoms with Crippen molar-refractivity contribution in [3.8, 4) is 0 Å². The van der Waals surface area contributed by atoms with E-state index in [-0.39, 0.29) is 11.2 Å². The topological polar surface area (TPSA) is 35.6 Å². The number of benzene rings is 1. The van der Waals surface area contributed by atoms with E-state index in [1.165, 1.54) is 25.3 Å². The molecule has 6 rings (SSSR count). The summed E-state index contributed by atoms with van der Waals surface area (Å²) in [7, 11) is 0. The molecule has 146 valence electrons. The van der Waals surface area contributed by atoms with Crippen LogP contribution in [0.5, 0.6) is 0 Å². The second kappa shape index (κ2) is 6.77. The molecule has 27 heavy (non-hydrogen) atoms. The predicted molar refractivity (Wildman–Crippen MR) is 104 cm³/mol. The van der Waals surface area contributed by atoms with Gasteiger partial charge in [0.05, 0.1) is 17.8 Å². The molecule has 5 heteroatoms. The minimum Gasteiger partial charge on any atom is -0.367 e. The molecule has 5 fully saturated rings. The van der Waals surface area contributed by atoms with Crippen molar-refractivity contribution in [3.63, 3.8) is 0 Å². The third-order valence-electron chi connectivity index (χ3n) is 7.55. The van der Waals surface area contributed by atoms with Crippen LogP contribution in [0.2, 0.25) is 0 Å². The highest BCUT2D eigenvalue weighted by atomic mass is 19.1. The van der Waals surface area contributed by atoms with E-state index in [0.29, 0.717) is 18.3 Å². The monoisotopic (exact) mass is 371 g/mol. The molecule has 1 aliphatic heterocycles. The van der Waals surface area contributed by atoms with Gasteiger partial charge in [-0.1, -0.05) is 12.1 Å². The van der Waals surface area contributed by atoms with Gasteiger partial charge in [-0.3, -0.25) is 9.69 Å². The highest BCUT2D eigenvalue weighted by molar-refractivity contribution is 5.83. The molecule has 5 aliphatic rings. The van der Waals surface area contributed by atoms with E-state index in [9.17, 15) is 9.18 Å². The van der Waals surface area contributed by atoms with Crippen molar-refractivity contribution in [2.75, 3.05) is 37.7 Å². The summed E-state index contributed by atoms with van der Waals surface area (Å²) in [6, 6.07) is 6.98. The van der Waals surface area contributed by atoms with Crippen LogP contribution in [0.15, 0.2) is 24.3 Å². The Morgan fingerprint density at radius 3 is 2.19 bits per heavy atom. The number of carbonyl (C=O) groups is 1. The number of rotatable bonds is 4. The third kappa shape index (κ3) is 3.24. The first-order valence-electron chi connectivity index (χ1n) is 10.6. The first-order valence-corrected chi connectivity index (χ1v) is 10.6. The van der Waals surface area contributed by atoms with Gasteiger partial charge >= 0.3 is 0 Å². The van der Waals surface area contributed by atoms with Gasteiger partial charge in [-0.25, -0.2) is 4.39 Å². The Hall–Kier alpha value is -1.62. The molecule has 0 radical (unpaired) electrons. The normalized spacial score (nSPS) is 35.4. The smallest absolute Gasteiger partial charge is 0.227 e. The van der Waals surface area contributed by atoms with E-state index in [4.69, 9.17) is 0 Å². The lowest BCUT2D eigenvalue weighted by molar-refractivity contribution is -0.147. The summed E-state index contributed by atoms with van der Waals surface area (Å²) in [6.45, 7) is 3.94. The van der Waals surface area contributed by atoms with Crippen molar-refractivity contribution < 1.29 is 9.18 Å². The molecule has 4 nitrogen and oxygen atoms in total. The van der Waals surface area contributed by atoms with Gasteiger partial charge < -0.3 is 10.2 Å². The highest BCUT2D eigenvalue weighted by Gasteiger charge is 2.54. The van der Waals surface area contributed by atoms with Crippen LogP contribution in [-0.2, 0) is 4.79 Å². The largest absolute Gasteiger partial charge is 0.367 e. The zero-order chi connectivity index (χ0) is 18.4. The van der Waals surface area contributed by atoms with Crippen LogP contribution in [-0.4, -0.2) is 43.7 Å². The quantitative estimate of drug-likeness (QED) is 0.883. The molecule has 1 aromatic carbocycles. The standard InChI is InChI=1S/C22H30FN3O/c23-19-3-1-2-4-20(19)26-7-5-25(6-8-26)15-24-21(27)22-12-16-9-17(13-22)11-18(10-16)14-22/h1-4,16-18H,5-15H2,(H,24,27). The van der Waals surface area contributed by atoms with Crippen LogP contribution >= 0.6 is 0 Å². The van der Waals surface area contributed by atoms with Gasteiger partial charge in [0, 0.05) is 26.2 Å². The Kier molecular flexibility index (Phi) is 4.38. The van der Waals surface area contributed by atoms with Crippen LogP contribution in [0.4, 0.5) is 10.1 Å². The fraction of sp³-hybridized carbons (Fsp3) is 0.682. The van der Waals surface area contributed by atoms with Crippen molar-refractivity contribution in [2.45, 2.75) is 38.5 Å². The maximum absolute atomic E-state index is 14.0. The van der Waals surface area contributed by atoms with Crippen LogP contribution in [0, 0.1) is 29.0 Å². The van der Waals surface area contributed by atoms with Gasteiger partial charge in [0.1, 0.15) is 5.82 Å². The lowest BCUT2D eigenvalue weighted by Gasteiger charge is -2.55. The zero-order valence-corrected chi connectivity index (χ0v) is 16.0. The van der Waals surface area contributed by atoms with Crippen LogP contribution < -0.4 is 10.2 Å². The number of halogens is 1. The number of para-hydroxylation sites is 1. The minimum absolute atomic E-state index is 0.0657. The fourth-order valence-corrected chi connectivity index (χ4v) is 6.61. The number of amides is 1. The van der Waals surface area contributed by atoms with Gasteiger partial charge in [0.25, 0.3) is 0 Å². The van der Waals surface area contributed by atoms with Crippen molar-refractivity contribution in [1.82, 2.24) is 10.2 Å². The summed E-state index contributed by atoms with van der Waals surface area (Å²) in [5, 5.41) is 3.27. The average molecular weight is 372 g/mol. The molecule has 1 aromatic rings. The molecule has 0 spiro atoms. The first kappa shape index (κ1) is 17.5. The fourth-order valence-electron chi connectivity index (χ4n) is 6.61. The van der Waals surface area contributed by atoms with Gasteiger partial charge in [-0.05, 0) is 68.4 Å². The lowest BCUT2D eigenvalue weighted by Crippen LogP contribution is -2.56. The van der Waals surface area contributed by atoms with E-state index in [1.807, 2.05) is 12.1 Å². The molecule has 4 saturated carbocycles. The average Bonchev–Trinajstić information content (AvgIpc) is 2.66. The molecular formula is C22H30FN3O. The second-order valence-electron chi connectivity index (χ2n) is 9.42. The van der Waals surface area contributed by atoms with Crippen LogP contribution in [0.1, 0.15) is 38.5 Å². The van der Waals surface area contributed by atoms with Gasteiger partial charge in [-0.15, -0.1) is 0 Å². The molecular weight excluding hydrogens is 341 g/mol. The number of anilines is 1. The molecule has 1 heterocycles. The van der Waals surface area contributed by atoms with E-state index in [0.717, 1.165) is 63.2 Å². The Labute approximate surface area is 161 Å². The molecule has 1 saturated heterocycles. The number of carbonyl (C=O) groups excluding carboxylic acids is 1. The van der Waals surface area contributed by atoms with Crippen LogP contribution in [0.3, 0.4) is 0 Å². The van der Waals surface area contributed by atoms with Gasteiger partial charge in [-0.2, -0.15) is 0 Å². The molecule has 4 aliphatic carbocycles. The summed E-state index contributed by atoms with van der Waals surface area (Å²) in [5.74, 6) is 2.54. The molecule has 1 amide bonds. The summed E-state index contributed by atoms with van der Waals surface area (Å²) in [4.78, 5) is 17.5. The molecule has 1 N–H and O–H groups in total. The van der Waals surface area contributed by atoms with E-state index in [1.54, 1.807) is 6.07 Å². The van der Waals surface area contributed by atoms with Crippen molar-refractivity contribution in [2.24, 2.45) is 23.2 Å². The maximum Gasteiger partial charge on any atom is 0.227 e. The predicted octanol–water partition coefficient (Wildman–Crippen LogP) is 3.24. The Balaban J connectivity index is 1.14. The molecule has 0 atom stereocenters. The summed E-state index contributed by atoms with van der Waals surface area (Å²) in [5.41, 5.74) is 0.624.